The highest BCUT2D eigenvalue weighted by molar-refractivity contribution is 7.00. The number of aryl methyl sites for hydroxylation is 2. The standard InChI is InChI=1S/C56H43BN4/c1-40-35-47(58(42-21-8-3-9-22-42)43-23-10-4-11-24-43)38-48(36-40)61-53-34-20-33-52-56(53)57(50-31-18-19-32-51(50)60(52)46-29-16-7-17-30-46)55-41(2)37-49(39-54(55)61)59(44-25-12-5-13-26-44)45-27-14-6-15-28-45/h3-39H,1-2H3. The minimum Gasteiger partial charge on any atom is -0.311 e. The first-order valence-corrected chi connectivity index (χ1v) is 21.1. The smallest absolute Gasteiger partial charge is 0.252 e. The van der Waals surface area contributed by atoms with Gasteiger partial charge in [0.25, 0.3) is 6.71 Å². The molecule has 0 aromatic heterocycles. The zero-order valence-electron chi connectivity index (χ0n) is 34.2. The van der Waals surface area contributed by atoms with E-state index in [2.05, 4.69) is 258 Å². The summed E-state index contributed by atoms with van der Waals surface area (Å²) in [5.41, 5.74) is 20.0. The zero-order chi connectivity index (χ0) is 40.9. The Morgan fingerprint density at radius 3 is 1.31 bits per heavy atom. The van der Waals surface area contributed by atoms with Crippen LogP contribution in [0.5, 0.6) is 0 Å². The van der Waals surface area contributed by atoms with Crippen LogP contribution in [-0.4, -0.2) is 6.71 Å². The lowest BCUT2D eigenvalue weighted by molar-refractivity contribution is 1.21. The topological polar surface area (TPSA) is 13.0 Å². The summed E-state index contributed by atoms with van der Waals surface area (Å²) in [5.74, 6) is 0. The summed E-state index contributed by atoms with van der Waals surface area (Å²) in [5, 5.41) is 0. The molecule has 5 heteroatoms. The average molecular weight is 783 g/mol. The second-order valence-corrected chi connectivity index (χ2v) is 15.9. The average Bonchev–Trinajstić information content (AvgIpc) is 3.30. The van der Waals surface area contributed by atoms with Gasteiger partial charge in [-0.1, -0.05) is 121 Å². The van der Waals surface area contributed by atoms with Crippen molar-refractivity contribution >= 4 is 91.3 Å². The van der Waals surface area contributed by atoms with E-state index in [1.807, 2.05) is 0 Å². The van der Waals surface area contributed by atoms with Crippen molar-refractivity contribution in [3.63, 3.8) is 0 Å². The third kappa shape index (κ3) is 6.25. The van der Waals surface area contributed by atoms with Gasteiger partial charge in [0, 0.05) is 68.2 Å². The molecule has 0 amide bonds. The van der Waals surface area contributed by atoms with Gasteiger partial charge < -0.3 is 19.6 Å². The summed E-state index contributed by atoms with van der Waals surface area (Å²) in [7, 11) is 0. The van der Waals surface area contributed by atoms with Gasteiger partial charge >= 0.3 is 0 Å². The predicted molar refractivity (Wildman–Crippen MR) is 259 cm³/mol. The third-order valence-corrected chi connectivity index (χ3v) is 12.1. The first kappa shape index (κ1) is 36.3. The molecule has 290 valence electrons. The quantitative estimate of drug-likeness (QED) is 0.142. The van der Waals surface area contributed by atoms with Crippen LogP contribution in [0.3, 0.4) is 0 Å². The number of rotatable bonds is 8. The third-order valence-electron chi connectivity index (χ3n) is 12.1. The van der Waals surface area contributed by atoms with Crippen LogP contribution < -0.4 is 36.0 Å². The highest BCUT2D eigenvalue weighted by atomic mass is 15.2. The molecule has 0 spiro atoms. The minimum absolute atomic E-state index is 0.0129. The van der Waals surface area contributed by atoms with Gasteiger partial charge in [-0.15, -0.1) is 0 Å². The first-order valence-electron chi connectivity index (χ1n) is 21.1. The maximum atomic E-state index is 2.54. The molecular formula is C56H43BN4. The number of nitrogens with zero attached hydrogens (tertiary/aromatic N) is 4. The van der Waals surface area contributed by atoms with Crippen LogP contribution in [0.25, 0.3) is 0 Å². The van der Waals surface area contributed by atoms with Gasteiger partial charge in [0.05, 0.1) is 0 Å². The molecule has 0 unspecified atom stereocenters. The van der Waals surface area contributed by atoms with E-state index in [1.54, 1.807) is 0 Å². The molecule has 0 N–H and O–H groups in total. The van der Waals surface area contributed by atoms with Gasteiger partial charge in [-0.25, -0.2) is 0 Å². The molecule has 0 aliphatic carbocycles. The SMILES string of the molecule is Cc1cc(N(c2ccccc2)c2ccccc2)cc(N2c3cc(N(c4ccccc4)c4ccccc4)cc(C)c3B3c4ccccc4N(c4ccccc4)c4cccc2c43)c1. The largest absolute Gasteiger partial charge is 0.311 e. The first-order chi connectivity index (χ1) is 30.1. The van der Waals surface area contributed by atoms with Gasteiger partial charge in [0.2, 0.25) is 0 Å². The Morgan fingerprint density at radius 2 is 0.770 bits per heavy atom. The Labute approximate surface area is 358 Å². The van der Waals surface area contributed by atoms with E-state index in [0.717, 1.165) is 45.5 Å². The number of anilines is 12. The van der Waals surface area contributed by atoms with Crippen molar-refractivity contribution in [2.24, 2.45) is 0 Å². The van der Waals surface area contributed by atoms with Gasteiger partial charge in [0.15, 0.2) is 0 Å². The van der Waals surface area contributed by atoms with Crippen LogP contribution in [0, 0.1) is 13.8 Å². The van der Waals surface area contributed by atoms with Gasteiger partial charge in [-0.2, -0.15) is 0 Å². The molecule has 4 nitrogen and oxygen atoms in total. The van der Waals surface area contributed by atoms with E-state index in [-0.39, 0.29) is 6.71 Å². The lowest BCUT2D eigenvalue weighted by Gasteiger charge is -2.45. The predicted octanol–water partition coefficient (Wildman–Crippen LogP) is 13.3. The van der Waals surface area contributed by atoms with E-state index in [1.165, 1.54) is 50.3 Å². The van der Waals surface area contributed by atoms with Crippen LogP contribution in [-0.2, 0) is 0 Å². The minimum atomic E-state index is 0.0129. The summed E-state index contributed by atoms with van der Waals surface area (Å²) in [6, 6.07) is 81.4. The maximum Gasteiger partial charge on any atom is 0.252 e. The molecule has 0 saturated heterocycles. The zero-order valence-corrected chi connectivity index (χ0v) is 34.2. The van der Waals surface area contributed by atoms with Crippen molar-refractivity contribution in [2.75, 3.05) is 19.6 Å². The number of hydrogen-bond donors (Lipinski definition) is 0. The molecule has 2 aliphatic rings. The van der Waals surface area contributed by atoms with Crippen LogP contribution >= 0.6 is 0 Å². The van der Waals surface area contributed by atoms with E-state index >= 15 is 0 Å². The fraction of sp³-hybridized carbons (Fsp3) is 0.0357. The van der Waals surface area contributed by atoms with Crippen molar-refractivity contribution in [1.29, 1.82) is 0 Å². The van der Waals surface area contributed by atoms with E-state index < -0.39 is 0 Å². The number of para-hydroxylation sites is 6. The van der Waals surface area contributed by atoms with Crippen LogP contribution in [0.1, 0.15) is 11.1 Å². The molecule has 0 radical (unpaired) electrons. The molecule has 2 aliphatic heterocycles. The van der Waals surface area contributed by atoms with Crippen molar-refractivity contribution in [2.45, 2.75) is 13.8 Å². The molecular weight excluding hydrogens is 739 g/mol. The molecule has 0 fully saturated rings. The Hall–Kier alpha value is -7.76. The molecule has 11 rings (SSSR count). The lowest BCUT2D eigenvalue weighted by Crippen LogP contribution is -2.62. The molecule has 0 atom stereocenters. The lowest BCUT2D eigenvalue weighted by atomic mass is 9.33. The van der Waals surface area contributed by atoms with Crippen molar-refractivity contribution in [3.8, 4) is 0 Å². The number of hydrogen-bond acceptors (Lipinski definition) is 4. The fourth-order valence-corrected chi connectivity index (χ4v) is 9.67. The van der Waals surface area contributed by atoms with E-state index in [9.17, 15) is 0 Å². The Balaban J connectivity index is 1.20. The molecule has 9 aromatic rings. The molecule has 0 bridgehead atoms. The summed E-state index contributed by atoms with van der Waals surface area (Å²) < 4.78 is 0. The van der Waals surface area contributed by atoms with Crippen molar-refractivity contribution < 1.29 is 0 Å². The highest BCUT2D eigenvalue weighted by Crippen LogP contribution is 2.48. The monoisotopic (exact) mass is 782 g/mol. The Morgan fingerprint density at radius 1 is 0.328 bits per heavy atom. The van der Waals surface area contributed by atoms with Gasteiger partial charge in [-0.05, 0) is 145 Å². The van der Waals surface area contributed by atoms with Crippen molar-refractivity contribution in [3.05, 3.63) is 236 Å². The van der Waals surface area contributed by atoms with Gasteiger partial charge in [-0.3, -0.25) is 0 Å². The maximum absolute atomic E-state index is 2.54. The van der Waals surface area contributed by atoms with Crippen molar-refractivity contribution in [1.82, 2.24) is 0 Å². The molecule has 2 heterocycles. The van der Waals surface area contributed by atoms with Gasteiger partial charge in [0.1, 0.15) is 0 Å². The second-order valence-electron chi connectivity index (χ2n) is 15.9. The second kappa shape index (κ2) is 15.1. The van der Waals surface area contributed by atoms with Crippen LogP contribution in [0.4, 0.5) is 68.2 Å². The summed E-state index contributed by atoms with van der Waals surface area (Å²) in [6.45, 7) is 4.54. The normalized spacial score (nSPS) is 12.3. The Kier molecular flexibility index (Phi) is 9.01. The van der Waals surface area contributed by atoms with Crippen LogP contribution in [0.15, 0.2) is 224 Å². The van der Waals surface area contributed by atoms with Crippen LogP contribution in [0.2, 0.25) is 0 Å². The summed E-state index contributed by atoms with van der Waals surface area (Å²) in [4.78, 5) is 9.75. The summed E-state index contributed by atoms with van der Waals surface area (Å²) >= 11 is 0. The molecule has 9 aromatic carbocycles. The fourth-order valence-electron chi connectivity index (χ4n) is 9.67. The number of benzene rings is 9. The number of fused-ring (bicyclic) bond motifs is 4. The highest BCUT2D eigenvalue weighted by Gasteiger charge is 2.44. The molecule has 0 saturated carbocycles. The molecule has 61 heavy (non-hydrogen) atoms. The van der Waals surface area contributed by atoms with E-state index in [0.29, 0.717) is 0 Å². The summed E-state index contributed by atoms with van der Waals surface area (Å²) in [6.07, 6.45) is 0. The van der Waals surface area contributed by atoms with E-state index in [4.69, 9.17) is 0 Å². The Bertz CT molecular complexity index is 2930.